The van der Waals surface area contributed by atoms with E-state index in [0.29, 0.717) is 0 Å². The van der Waals surface area contributed by atoms with Gasteiger partial charge in [-0.2, -0.15) is 9.61 Å². The first-order valence-electron chi connectivity index (χ1n) is 8.19. The Morgan fingerprint density at radius 3 is 2.91 bits per heavy atom. The highest BCUT2D eigenvalue weighted by molar-refractivity contribution is 7.11. The lowest BCUT2D eigenvalue weighted by molar-refractivity contribution is 0.712. The van der Waals surface area contributed by atoms with Gasteiger partial charge in [-0.3, -0.25) is 0 Å². The molecule has 0 amide bonds. The van der Waals surface area contributed by atoms with E-state index in [1.165, 1.54) is 24.1 Å². The van der Waals surface area contributed by atoms with Crippen molar-refractivity contribution in [1.82, 2.24) is 19.6 Å². The summed E-state index contributed by atoms with van der Waals surface area (Å²) in [6.45, 7) is 4.89. The van der Waals surface area contributed by atoms with Gasteiger partial charge in [-0.1, -0.05) is 12.8 Å². The van der Waals surface area contributed by atoms with E-state index in [9.17, 15) is 0 Å². The number of anilines is 1. The predicted molar refractivity (Wildman–Crippen MR) is 92.9 cm³/mol. The number of nitrogens with zero attached hydrogens (tertiary/aromatic N) is 4. The van der Waals surface area contributed by atoms with Gasteiger partial charge in [0.15, 0.2) is 5.65 Å². The summed E-state index contributed by atoms with van der Waals surface area (Å²) < 4.78 is 1.88. The Kier molecular flexibility index (Phi) is 3.77. The minimum Gasteiger partial charge on any atom is -0.365 e. The molecule has 0 radical (unpaired) electrons. The van der Waals surface area contributed by atoms with Crippen molar-refractivity contribution in [2.45, 2.75) is 46.1 Å². The summed E-state index contributed by atoms with van der Waals surface area (Å²) in [5, 5.41) is 9.02. The fourth-order valence-corrected chi connectivity index (χ4v) is 3.76. The maximum Gasteiger partial charge on any atom is 0.157 e. The van der Waals surface area contributed by atoms with Crippen LogP contribution in [-0.2, 0) is 13.0 Å². The third kappa shape index (κ3) is 3.22. The number of rotatable bonds is 6. The van der Waals surface area contributed by atoms with Crippen LogP contribution in [0.1, 0.15) is 40.5 Å². The Morgan fingerprint density at radius 1 is 1.30 bits per heavy atom. The maximum atomic E-state index is 4.72. The molecule has 0 spiro atoms. The summed E-state index contributed by atoms with van der Waals surface area (Å²) in [6.07, 6.45) is 6.90. The van der Waals surface area contributed by atoms with E-state index in [-0.39, 0.29) is 0 Å². The standard InChI is InChI=1S/C17H21N5S/c1-11-15(23-12(2)20-11)10-18-17-9-14(6-5-13-3-4-13)21-16-7-8-19-22(16)17/h7-9,13,18H,3-6,10H2,1-2H3. The normalized spacial score (nSPS) is 14.5. The molecule has 6 heteroatoms. The second kappa shape index (κ2) is 5.92. The molecule has 1 aliphatic carbocycles. The second-order valence-electron chi connectivity index (χ2n) is 6.31. The molecule has 0 bridgehead atoms. The lowest BCUT2D eigenvalue weighted by Crippen LogP contribution is -2.07. The highest BCUT2D eigenvalue weighted by atomic mass is 32.1. The summed E-state index contributed by atoms with van der Waals surface area (Å²) in [5.74, 6) is 1.94. The molecule has 1 saturated carbocycles. The summed E-state index contributed by atoms with van der Waals surface area (Å²) in [7, 11) is 0. The number of nitrogens with one attached hydrogen (secondary N) is 1. The first-order chi connectivity index (χ1) is 11.2. The molecule has 1 fully saturated rings. The molecule has 3 heterocycles. The highest BCUT2D eigenvalue weighted by Gasteiger charge is 2.21. The van der Waals surface area contributed by atoms with Crippen LogP contribution in [0.4, 0.5) is 5.82 Å². The van der Waals surface area contributed by atoms with E-state index in [0.717, 1.165) is 46.7 Å². The smallest absolute Gasteiger partial charge is 0.157 e. The third-order valence-electron chi connectivity index (χ3n) is 4.35. The van der Waals surface area contributed by atoms with Gasteiger partial charge in [0.05, 0.1) is 23.4 Å². The van der Waals surface area contributed by atoms with Crippen LogP contribution in [0, 0.1) is 19.8 Å². The zero-order valence-corrected chi connectivity index (χ0v) is 14.4. The summed E-state index contributed by atoms with van der Waals surface area (Å²) in [5.41, 5.74) is 3.18. The van der Waals surface area contributed by atoms with E-state index in [1.807, 2.05) is 10.6 Å². The molecular formula is C17H21N5S. The summed E-state index contributed by atoms with van der Waals surface area (Å²) in [4.78, 5) is 10.5. The van der Waals surface area contributed by atoms with Gasteiger partial charge in [0.1, 0.15) is 5.82 Å². The Morgan fingerprint density at radius 2 is 2.17 bits per heavy atom. The van der Waals surface area contributed by atoms with Crippen LogP contribution < -0.4 is 5.32 Å². The van der Waals surface area contributed by atoms with Crippen LogP contribution in [0.3, 0.4) is 0 Å². The van der Waals surface area contributed by atoms with Gasteiger partial charge >= 0.3 is 0 Å². The number of aromatic nitrogens is 4. The first kappa shape index (κ1) is 14.6. The zero-order valence-electron chi connectivity index (χ0n) is 13.5. The van der Waals surface area contributed by atoms with Gasteiger partial charge in [-0.05, 0) is 32.6 Å². The summed E-state index contributed by atoms with van der Waals surface area (Å²) >= 11 is 1.75. The average molecular weight is 327 g/mol. The number of fused-ring (bicyclic) bond motifs is 1. The van der Waals surface area contributed by atoms with Gasteiger partial charge in [0.2, 0.25) is 0 Å². The molecule has 0 saturated heterocycles. The van der Waals surface area contributed by atoms with E-state index in [1.54, 1.807) is 17.5 Å². The van der Waals surface area contributed by atoms with Crippen LogP contribution in [0.25, 0.3) is 5.65 Å². The van der Waals surface area contributed by atoms with Crippen molar-refractivity contribution in [3.8, 4) is 0 Å². The third-order valence-corrected chi connectivity index (χ3v) is 5.42. The van der Waals surface area contributed by atoms with E-state index >= 15 is 0 Å². The van der Waals surface area contributed by atoms with Crippen molar-refractivity contribution < 1.29 is 0 Å². The molecule has 23 heavy (non-hydrogen) atoms. The first-order valence-corrected chi connectivity index (χ1v) is 9.01. The summed E-state index contributed by atoms with van der Waals surface area (Å²) in [6, 6.07) is 4.11. The number of hydrogen-bond acceptors (Lipinski definition) is 5. The average Bonchev–Trinajstić information content (AvgIpc) is 3.14. The van der Waals surface area contributed by atoms with Gasteiger partial charge in [-0.25, -0.2) is 9.97 Å². The fraction of sp³-hybridized carbons (Fsp3) is 0.471. The Balaban J connectivity index is 1.56. The Hall–Kier alpha value is -1.95. The maximum absolute atomic E-state index is 4.72. The largest absolute Gasteiger partial charge is 0.365 e. The zero-order chi connectivity index (χ0) is 15.8. The minimum absolute atomic E-state index is 0.776. The van der Waals surface area contributed by atoms with E-state index in [2.05, 4.69) is 35.3 Å². The monoisotopic (exact) mass is 327 g/mol. The van der Waals surface area contributed by atoms with Crippen LogP contribution in [-0.4, -0.2) is 19.6 Å². The molecule has 1 N–H and O–H groups in total. The van der Waals surface area contributed by atoms with Crippen molar-refractivity contribution in [3.63, 3.8) is 0 Å². The van der Waals surface area contributed by atoms with Crippen LogP contribution in [0.15, 0.2) is 18.3 Å². The van der Waals surface area contributed by atoms with Crippen molar-refractivity contribution in [3.05, 3.63) is 39.6 Å². The van der Waals surface area contributed by atoms with Gasteiger partial charge in [0, 0.05) is 22.7 Å². The van der Waals surface area contributed by atoms with Gasteiger partial charge in [0.25, 0.3) is 0 Å². The van der Waals surface area contributed by atoms with E-state index < -0.39 is 0 Å². The molecule has 0 atom stereocenters. The molecule has 3 aromatic heterocycles. The molecule has 0 unspecified atom stereocenters. The fourth-order valence-electron chi connectivity index (χ4n) is 2.89. The van der Waals surface area contributed by atoms with E-state index in [4.69, 9.17) is 4.98 Å². The Labute approximate surface area is 139 Å². The number of thiazole rings is 1. The lowest BCUT2D eigenvalue weighted by atomic mass is 10.1. The lowest BCUT2D eigenvalue weighted by Gasteiger charge is -2.10. The van der Waals surface area contributed by atoms with Crippen LogP contribution in [0.2, 0.25) is 0 Å². The van der Waals surface area contributed by atoms with Crippen molar-refractivity contribution >= 4 is 22.8 Å². The molecule has 0 aromatic carbocycles. The van der Waals surface area contributed by atoms with Gasteiger partial charge in [-0.15, -0.1) is 11.3 Å². The quantitative estimate of drug-likeness (QED) is 0.749. The number of aryl methyl sites for hydroxylation is 3. The molecule has 4 rings (SSSR count). The highest BCUT2D eigenvalue weighted by Crippen LogP contribution is 2.33. The van der Waals surface area contributed by atoms with Crippen molar-refractivity contribution in [2.24, 2.45) is 5.92 Å². The molecular weight excluding hydrogens is 306 g/mol. The predicted octanol–water partition coefficient (Wildman–Crippen LogP) is 3.76. The van der Waals surface area contributed by atoms with Crippen LogP contribution in [0.5, 0.6) is 0 Å². The molecule has 0 aliphatic heterocycles. The molecule has 1 aliphatic rings. The molecule has 3 aromatic rings. The molecule has 5 nitrogen and oxygen atoms in total. The van der Waals surface area contributed by atoms with Crippen molar-refractivity contribution in [1.29, 1.82) is 0 Å². The van der Waals surface area contributed by atoms with Crippen molar-refractivity contribution in [2.75, 3.05) is 5.32 Å². The number of hydrogen-bond donors (Lipinski definition) is 1. The second-order valence-corrected chi connectivity index (χ2v) is 7.60. The topological polar surface area (TPSA) is 55.1 Å². The van der Waals surface area contributed by atoms with Crippen LogP contribution >= 0.6 is 11.3 Å². The molecule has 120 valence electrons. The Bertz CT molecular complexity index is 831. The SMILES string of the molecule is Cc1nc(C)c(CNc2cc(CCC3CC3)nc3ccnn23)s1. The van der Waals surface area contributed by atoms with Gasteiger partial charge < -0.3 is 5.32 Å². The minimum atomic E-state index is 0.776.